The summed E-state index contributed by atoms with van der Waals surface area (Å²) in [5.41, 5.74) is 0.979. The van der Waals surface area contributed by atoms with Crippen molar-refractivity contribution in [3.8, 4) is 11.6 Å². The van der Waals surface area contributed by atoms with Gasteiger partial charge in [0.15, 0.2) is 0 Å². The molecule has 0 fully saturated rings. The van der Waals surface area contributed by atoms with Crippen molar-refractivity contribution in [2.45, 2.75) is 6.04 Å². The molecule has 5 nitrogen and oxygen atoms in total. The maximum Gasteiger partial charge on any atom is 0.226 e. The first kappa shape index (κ1) is 18.7. The van der Waals surface area contributed by atoms with Gasteiger partial charge in [-0.15, -0.1) is 0 Å². The summed E-state index contributed by atoms with van der Waals surface area (Å²) in [6, 6.07) is 13.7. The highest BCUT2D eigenvalue weighted by atomic mass is 19.1. The molecule has 0 bridgehead atoms. The molecular formula is C20H20F2N4O. The van der Waals surface area contributed by atoms with E-state index < -0.39 is 0 Å². The van der Waals surface area contributed by atoms with Gasteiger partial charge in [-0.1, -0.05) is 12.1 Å². The minimum atomic E-state index is -0.331. The Morgan fingerprint density at radius 2 is 1.59 bits per heavy atom. The van der Waals surface area contributed by atoms with Gasteiger partial charge in [0.05, 0.1) is 6.04 Å². The quantitative estimate of drug-likeness (QED) is 0.673. The summed E-state index contributed by atoms with van der Waals surface area (Å²) in [6.07, 6.45) is 1.58. The number of halogens is 2. The molecule has 7 heteroatoms. The molecular weight excluding hydrogens is 350 g/mol. The summed E-state index contributed by atoms with van der Waals surface area (Å²) >= 11 is 0. The molecule has 0 spiro atoms. The molecule has 140 valence electrons. The summed E-state index contributed by atoms with van der Waals surface area (Å²) in [4.78, 5) is 10.5. The van der Waals surface area contributed by atoms with Crippen molar-refractivity contribution in [1.29, 1.82) is 0 Å². The minimum absolute atomic E-state index is 0.0101. The predicted octanol–water partition coefficient (Wildman–Crippen LogP) is 4.26. The van der Waals surface area contributed by atoms with Gasteiger partial charge in [0.1, 0.15) is 17.4 Å². The molecule has 3 rings (SSSR count). The van der Waals surface area contributed by atoms with Crippen molar-refractivity contribution < 1.29 is 13.5 Å². The Hall–Kier alpha value is -3.06. The average Bonchev–Trinajstić information content (AvgIpc) is 2.65. The van der Waals surface area contributed by atoms with Crippen LogP contribution < -0.4 is 10.1 Å². The van der Waals surface area contributed by atoms with Gasteiger partial charge < -0.3 is 15.0 Å². The van der Waals surface area contributed by atoms with E-state index in [4.69, 9.17) is 4.74 Å². The van der Waals surface area contributed by atoms with E-state index in [1.54, 1.807) is 24.4 Å². The van der Waals surface area contributed by atoms with Crippen LogP contribution in [0.1, 0.15) is 11.6 Å². The van der Waals surface area contributed by atoms with E-state index in [0.717, 1.165) is 5.56 Å². The Morgan fingerprint density at radius 3 is 2.22 bits per heavy atom. The third kappa shape index (κ3) is 5.21. The first-order valence-corrected chi connectivity index (χ1v) is 8.43. The molecule has 27 heavy (non-hydrogen) atoms. The van der Waals surface area contributed by atoms with Gasteiger partial charge in [-0.3, -0.25) is 0 Å². The van der Waals surface area contributed by atoms with Crippen molar-refractivity contribution in [2.24, 2.45) is 0 Å². The second-order valence-corrected chi connectivity index (χ2v) is 6.19. The van der Waals surface area contributed by atoms with Gasteiger partial charge in [0.25, 0.3) is 0 Å². The zero-order valence-corrected chi connectivity index (χ0v) is 15.1. The Kier molecular flexibility index (Phi) is 5.93. The maximum absolute atomic E-state index is 13.2. The lowest BCUT2D eigenvalue weighted by molar-refractivity contribution is 0.311. The highest BCUT2D eigenvalue weighted by Crippen LogP contribution is 2.22. The molecule has 0 aliphatic carbocycles. The molecule has 0 aliphatic heterocycles. The molecule has 2 aromatic carbocycles. The van der Waals surface area contributed by atoms with Gasteiger partial charge in [-0.05, 0) is 56.1 Å². The normalized spacial score (nSPS) is 12.0. The van der Waals surface area contributed by atoms with Gasteiger partial charge in [-0.2, -0.15) is 4.98 Å². The fourth-order valence-electron chi connectivity index (χ4n) is 2.58. The van der Waals surface area contributed by atoms with Crippen LogP contribution in [0.5, 0.6) is 11.6 Å². The number of hydrogen-bond donors (Lipinski definition) is 1. The SMILES string of the molecule is CN(C)C(CNc1nccc(Oc2ccc(F)cc2)n1)c1ccc(F)cc1. The molecule has 0 saturated carbocycles. The van der Waals surface area contributed by atoms with Crippen LogP contribution in [0.15, 0.2) is 60.8 Å². The van der Waals surface area contributed by atoms with Crippen molar-refractivity contribution in [3.63, 3.8) is 0 Å². The number of ether oxygens (including phenoxy) is 1. The molecule has 3 aromatic rings. The van der Waals surface area contributed by atoms with Gasteiger partial charge in [0.2, 0.25) is 11.8 Å². The van der Waals surface area contributed by atoms with Crippen molar-refractivity contribution in [2.75, 3.05) is 26.0 Å². The molecule has 1 N–H and O–H groups in total. The number of nitrogens with one attached hydrogen (secondary N) is 1. The number of hydrogen-bond acceptors (Lipinski definition) is 5. The van der Waals surface area contributed by atoms with E-state index in [1.807, 2.05) is 19.0 Å². The van der Waals surface area contributed by atoms with Crippen LogP contribution in [0.2, 0.25) is 0 Å². The van der Waals surface area contributed by atoms with Crippen LogP contribution in [-0.4, -0.2) is 35.5 Å². The second kappa shape index (κ2) is 8.55. The van der Waals surface area contributed by atoms with Crippen LogP contribution >= 0.6 is 0 Å². The monoisotopic (exact) mass is 370 g/mol. The van der Waals surface area contributed by atoms with Crippen molar-refractivity contribution >= 4 is 5.95 Å². The second-order valence-electron chi connectivity index (χ2n) is 6.19. The topological polar surface area (TPSA) is 50.3 Å². The summed E-state index contributed by atoms with van der Waals surface area (Å²) < 4.78 is 31.8. The van der Waals surface area contributed by atoms with E-state index in [9.17, 15) is 8.78 Å². The predicted molar refractivity (Wildman–Crippen MR) is 99.8 cm³/mol. The molecule has 0 amide bonds. The maximum atomic E-state index is 13.2. The Bertz CT molecular complexity index is 870. The molecule has 1 unspecified atom stereocenters. The minimum Gasteiger partial charge on any atom is -0.439 e. The number of anilines is 1. The lowest BCUT2D eigenvalue weighted by Crippen LogP contribution is -2.27. The summed E-state index contributed by atoms with van der Waals surface area (Å²) in [5, 5.41) is 3.18. The molecule has 1 atom stereocenters. The summed E-state index contributed by atoms with van der Waals surface area (Å²) in [7, 11) is 3.90. The molecule has 0 aliphatic rings. The third-order valence-corrected chi connectivity index (χ3v) is 4.00. The fourth-order valence-corrected chi connectivity index (χ4v) is 2.58. The van der Waals surface area contributed by atoms with Crippen LogP contribution in [0.3, 0.4) is 0 Å². The number of rotatable bonds is 7. The number of likely N-dealkylation sites (N-methyl/N-ethyl adjacent to an activating group) is 1. The van der Waals surface area contributed by atoms with Crippen LogP contribution in [0.4, 0.5) is 14.7 Å². The van der Waals surface area contributed by atoms with E-state index in [0.29, 0.717) is 24.1 Å². The first-order valence-electron chi connectivity index (χ1n) is 8.43. The van der Waals surface area contributed by atoms with Gasteiger partial charge in [0, 0.05) is 18.8 Å². The fraction of sp³-hybridized carbons (Fsp3) is 0.200. The first-order chi connectivity index (χ1) is 13.0. The number of benzene rings is 2. The van der Waals surface area contributed by atoms with Crippen molar-refractivity contribution in [3.05, 3.63) is 78.0 Å². The molecule has 1 heterocycles. The van der Waals surface area contributed by atoms with Crippen LogP contribution in [0, 0.1) is 11.6 Å². The summed E-state index contributed by atoms with van der Waals surface area (Å²) in [5.74, 6) is 0.644. The molecule has 0 saturated heterocycles. The van der Waals surface area contributed by atoms with E-state index in [1.165, 1.54) is 36.4 Å². The molecule has 0 radical (unpaired) electrons. The Labute approximate surface area is 156 Å². The van der Waals surface area contributed by atoms with E-state index in [2.05, 4.69) is 15.3 Å². The smallest absolute Gasteiger partial charge is 0.226 e. The van der Waals surface area contributed by atoms with Crippen LogP contribution in [0.25, 0.3) is 0 Å². The average molecular weight is 370 g/mol. The third-order valence-electron chi connectivity index (χ3n) is 4.00. The lowest BCUT2D eigenvalue weighted by atomic mass is 10.1. The van der Waals surface area contributed by atoms with Gasteiger partial charge in [-0.25, -0.2) is 13.8 Å². The van der Waals surface area contributed by atoms with Gasteiger partial charge >= 0.3 is 0 Å². The van der Waals surface area contributed by atoms with E-state index >= 15 is 0 Å². The summed E-state index contributed by atoms with van der Waals surface area (Å²) in [6.45, 7) is 0.526. The van der Waals surface area contributed by atoms with Crippen molar-refractivity contribution in [1.82, 2.24) is 14.9 Å². The highest BCUT2D eigenvalue weighted by Gasteiger charge is 2.15. The van der Waals surface area contributed by atoms with E-state index in [-0.39, 0.29) is 17.7 Å². The standard InChI is InChI=1S/C20H20F2N4O/c1-26(2)18(14-3-5-15(21)6-4-14)13-24-20-23-12-11-19(25-20)27-17-9-7-16(22)8-10-17/h3-12,18H,13H2,1-2H3,(H,23,24,25). The van der Waals surface area contributed by atoms with Crippen LogP contribution in [-0.2, 0) is 0 Å². The highest BCUT2D eigenvalue weighted by molar-refractivity contribution is 5.32. The zero-order valence-electron chi connectivity index (χ0n) is 15.1. The molecule has 1 aromatic heterocycles. The Balaban J connectivity index is 1.67. The zero-order chi connectivity index (χ0) is 19.2. The number of aromatic nitrogens is 2. The largest absolute Gasteiger partial charge is 0.439 e. The lowest BCUT2D eigenvalue weighted by Gasteiger charge is -2.25. The Morgan fingerprint density at radius 1 is 0.963 bits per heavy atom. The number of nitrogens with zero attached hydrogens (tertiary/aromatic N) is 3.